The summed E-state index contributed by atoms with van der Waals surface area (Å²) in [6.45, 7) is 0.444. The molecule has 118 valence electrons. The molecule has 2 aromatic heterocycles. The molecule has 0 saturated heterocycles. The zero-order valence-electron chi connectivity index (χ0n) is 11.9. The highest BCUT2D eigenvalue weighted by Crippen LogP contribution is 2.17. The first kappa shape index (κ1) is 15.2. The molecule has 0 atom stereocenters. The number of aromatic nitrogens is 3. The molecule has 0 radical (unpaired) electrons. The van der Waals surface area contributed by atoms with Crippen molar-refractivity contribution >= 4 is 15.7 Å². The van der Waals surface area contributed by atoms with E-state index < -0.39 is 15.8 Å². The lowest BCUT2D eigenvalue weighted by atomic mass is 10.2. The van der Waals surface area contributed by atoms with Crippen molar-refractivity contribution in [3.63, 3.8) is 0 Å². The van der Waals surface area contributed by atoms with E-state index in [4.69, 9.17) is 0 Å². The average molecular weight is 332 g/mol. The first-order valence-corrected chi connectivity index (χ1v) is 8.22. The summed E-state index contributed by atoms with van der Waals surface area (Å²) in [6, 6.07) is 10.8. The topological polar surface area (TPSA) is 76.9 Å². The normalized spacial score (nSPS) is 11.3. The Balaban J connectivity index is 1.80. The summed E-state index contributed by atoms with van der Waals surface area (Å²) in [5.41, 5.74) is 0.837. The highest BCUT2D eigenvalue weighted by atomic mass is 32.2. The first-order chi connectivity index (χ1) is 11.0. The van der Waals surface area contributed by atoms with Crippen molar-refractivity contribution in [2.24, 2.45) is 0 Å². The van der Waals surface area contributed by atoms with E-state index >= 15 is 0 Å². The highest BCUT2D eigenvalue weighted by molar-refractivity contribution is 7.92. The maximum atomic E-state index is 13.5. The molecule has 0 aliphatic heterocycles. The zero-order valence-corrected chi connectivity index (χ0v) is 12.7. The van der Waals surface area contributed by atoms with Crippen LogP contribution in [0.1, 0.15) is 5.56 Å². The predicted octanol–water partition coefficient (Wildman–Crippen LogP) is 2.27. The van der Waals surface area contributed by atoms with Gasteiger partial charge in [0.1, 0.15) is 4.90 Å². The second kappa shape index (κ2) is 6.17. The molecule has 8 heteroatoms. The average Bonchev–Trinajstić information content (AvgIpc) is 3.00. The largest absolute Gasteiger partial charge is 0.276 e. The number of sulfonamides is 1. The lowest BCUT2D eigenvalue weighted by Gasteiger charge is -2.06. The van der Waals surface area contributed by atoms with Gasteiger partial charge in [0.25, 0.3) is 10.0 Å². The van der Waals surface area contributed by atoms with Crippen molar-refractivity contribution < 1.29 is 12.8 Å². The zero-order chi connectivity index (χ0) is 16.3. The lowest BCUT2D eigenvalue weighted by molar-refractivity contribution is 0.597. The van der Waals surface area contributed by atoms with Gasteiger partial charge in [-0.15, -0.1) is 0 Å². The van der Waals surface area contributed by atoms with E-state index in [0.29, 0.717) is 6.54 Å². The van der Waals surface area contributed by atoms with Crippen LogP contribution in [0.4, 0.5) is 10.1 Å². The van der Waals surface area contributed by atoms with Crippen LogP contribution in [0, 0.1) is 5.82 Å². The van der Waals surface area contributed by atoms with E-state index in [9.17, 15) is 12.8 Å². The van der Waals surface area contributed by atoms with Gasteiger partial charge in [-0.1, -0.05) is 30.3 Å². The van der Waals surface area contributed by atoms with Crippen molar-refractivity contribution in [2.75, 3.05) is 4.72 Å². The Hall–Kier alpha value is -2.74. The van der Waals surface area contributed by atoms with E-state index in [2.05, 4.69) is 14.8 Å². The number of hydrogen-bond acceptors (Lipinski definition) is 4. The van der Waals surface area contributed by atoms with E-state index in [1.54, 1.807) is 0 Å². The molecule has 3 rings (SSSR count). The molecule has 0 amide bonds. The summed E-state index contributed by atoms with van der Waals surface area (Å²) in [4.78, 5) is 3.53. The Morgan fingerprint density at radius 3 is 2.65 bits per heavy atom. The van der Waals surface area contributed by atoms with Gasteiger partial charge >= 0.3 is 0 Å². The van der Waals surface area contributed by atoms with Crippen molar-refractivity contribution in [1.29, 1.82) is 0 Å². The van der Waals surface area contributed by atoms with Crippen LogP contribution in [0.2, 0.25) is 0 Å². The van der Waals surface area contributed by atoms with Crippen LogP contribution in [0.3, 0.4) is 0 Å². The third kappa shape index (κ3) is 3.54. The number of anilines is 1. The van der Waals surface area contributed by atoms with Crippen molar-refractivity contribution in [3.8, 4) is 0 Å². The molecule has 1 N–H and O–H groups in total. The Labute approximate surface area is 132 Å². The molecule has 6 nitrogen and oxygen atoms in total. The monoisotopic (exact) mass is 332 g/mol. The van der Waals surface area contributed by atoms with Gasteiger partial charge in [0, 0.05) is 12.4 Å². The van der Waals surface area contributed by atoms with Crippen molar-refractivity contribution in [1.82, 2.24) is 14.8 Å². The van der Waals surface area contributed by atoms with Crippen LogP contribution in [-0.4, -0.2) is 23.2 Å². The fraction of sp³-hybridized carbons (Fsp3) is 0.0667. The Kier molecular flexibility index (Phi) is 4.07. The summed E-state index contributed by atoms with van der Waals surface area (Å²) in [6.07, 6.45) is 4.87. The predicted molar refractivity (Wildman–Crippen MR) is 82.8 cm³/mol. The third-order valence-electron chi connectivity index (χ3n) is 3.12. The Morgan fingerprint density at radius 1 is 1.13 bits per heavy atom. The molecule has 0 spiro atoms. The van der Waals surface area contributed by atoms with Crippen LogP contribution < -0.4 is 4.72 Å². The second-order valence-electron chi connectivity index (χ2n) is 4.82. The summed E-state index contributed by atoms with van der Waals surface area (Å²) in [7, 11) is -3.91. The van der Waals surface area contributed by atoms with Gasteiger partial charge in [-0.3, -0.25) is 14.4 Å². The second-order valence-corrected chi connectivity index (χ2v) is 6.50. The van der Waals surface area contributed by atoms with Gasteiger partial charge in [0.05, 0.1) is 24.6 Å². The molecule has 0 aliphatic rings. The first-order valence-electron chi connectivity index (χ1n) is 6.73. The molecular formula is C15H13FN4O2S. The van der Waals surface area contributed by atoms with Gasteiger partial charge in [0.2, 0.25) is 0 Å². The standard InChI is InChI=1S/C15H13FN4O2S/c16-14-9-17-7-6-15(14)19-23(21,22)13-8-18-20(11-13)10-12-4-2-1-3-5-12/h1-9,11H,10H2,(H,17,19). The van der Waals surface area contributed by atoms with Crippen LogP contribution in [0.25, 0.3) is 0 Å². The molecule has 0 fully saturated rings. The number of hydrogen-bond donors (Lipinski definition) is 1. The van der Waals surface area contributed by atoms with Gasteiger partial charge in [-0.25, -0.2) is 12.8 Å². The number of nitrogens with one attached hydrogen (secondary N) is 1. The number of halogens is 1. The highest BCUT2D eigenvalue weighted by Gasteiger charge is 2.18. The number of benzene rings is 1. The van der Waals surface area contributed by atoms with Gasteiger partial charge in [-0.05, 0) is 11.6 Å². The quantitative estimate of drug-likeness (QED) is 0.777. The lowest BCUT2D eigenvalue weighted by Crippen LogP contribution is -2.13. The molecule has 3 aromatic rings. The van der Waals surface area contributed by atoms with E-state index in [1.165, 1.54) is 29.3 Å². The maximum Gasteiger partial charge on any atom is 0.265 e. The summed E-state index contributed by atoms with van der Waals surface area (Å²) in [5, 5.41) is 4.03. The molecule has 0 unspecified atom stereocenters. The fourth-order valence-electron chi connectivity index (χ4n) is 2.00. The molecule has 0 aliphatic carbocycles. The molecule has 23 heavy (non-hydrogen) atoms. The van der Waals surface area contributed by atoms with Crippen molar-refractivity contribution in [2.45, 2.75) is 11.4 Å². The van der Waals surface area contributed by atoms with Crippen molar-refractivity contribution in [3.05, 3.63) is 72.6 Å². The molecule has 2 heterocycles. The maximum absolute atomic E-state index is 13.5. The minimum Gasteiger partial charge on any atom is -0.276 e. The van der Waals surface area contributed by atoms with Gasteiger partial charge in [-0.2, -0.15) is 5.10 Å². The van der Waals surface area contributed by atoms with Crippen LogP contribution in [0.15, 0.2) is 66.1 Å². The van der Waals surface area contributed by atoms with Gasteiger partial charge in [0.15, 0.2) is 5.82 Å². The van der Waals surface area contributed by atoms with E-state index in [-0.39, 0.29) is 10.6 Å². The fourth-order valence-corrected chi connectivity index (χ4v) is 3.02. The Bertz CT molecular complexity index is 910. The molecular weight excluding hydrogens is 319 g/mol. The minimum absolute atomic E-state index is 0.0374. The number of pyridine rings is 1. The van der Waals surface area contributed by atoms with Gasteiger partial charge < -0.3 is 0 Å². The van der Waals surface area contributed by atoms with Crippen LogP contribution in [0.5, 0.6) is 0 Å². The summed E-state index contributed by atoms with van der Waals surface area (Å²) >= 11 is 0. The molecule has 0 saturated carbocycles. The molecule has 0 bridgehead atoms. The number of rotatable bonds is 5. The van der Waals surface area contributed by atoms with E-state index in [1.807, 2.05) is 30.3 Å². The Morgan fingerprint density at radius 2 is 1.91 bits per heavy atom. The number of nitrogens with zero attached hydrogens (tertiary/aromatic N) is 3. The molecule has 1 aromatic carbocycles. The minimum atomic E-state index is -3.91. The van der Waals surface area contributed by atoms with Crippen LogP contribution in [-0.2, 0) is 16.6 Å². The third-order valence-corrected chi connectivity index (χ3v) is 4.44. The van der Waals surface area contributed by atoms with E-state index in [0.717, 1.165) is 11.8 Å². The summed E-state index contributed by atoms with van der Waals surface area (Å²) < 4.78 is 41.7. The smallest absolute Gasteiger partial charge is 0.265 e. The van der Waals surface area contributed by atoms with Crippen LogP contribution >= 0.6 is 0 Å². The summed E-state index contributed by atoms with van der Waals surface area (Å²) in [5.74, 6) is -0.743. The SMILES string of the molecule is O=S(=O)(Nc1ccncc1F)c1cnn(Cc2ccccc2)c1.